The van der Waals surface area contributed by atoms with E-state index in [4.69, 9.17) is 4.74 Å². The molecule has 0 saturated carbocycles. The average molecular weight is 418 g/mol. The number of carbonyl (C=O) groups excluding carboxylic acids is 2. The molecule has 0 heterocycles. The van der Waals surface area contributed by atoms with E-state index in [9.17, 15) is 9.59 Å². The molecule has 0 unspecified atom stereocenters. The van der Waals surface area contributed by atoms with Gasteiger partial charge in [-0.1, -0.05) is 46.3 Å². The van der Waals surface area contributed by atoms with Crippen LogP contribution in [0.15, 0.2) is 58.1 Å². The summed E-state index contributed by atoms with van der Waals surface area (Å²) < 4.78 is 6.08. The second-order valence-corrected chi connectivity index (χ2v) is 6.36. The quantitative estimate of drug-likeness (QED) is 0.393. The van der Waals surface area contributed by atoms with Crippen LogP contribution >= 0.6 is 15.9 Å². The van der Waals surface area contributed by atoms with E-state index in [1.807, 2.05) is 42.5 Å². The number of ether oxygens (including phenoxy) is 1. The Hall–Kier alpha value is -2.67. The Morgan fingerprint density at radius 2 is 1.92 bits per heavy atom. The summed E-state index contributed by atoms with van der Waals surface area (Å²) in [4.78, 5) is 23.5. The van der Waals surface area contributed by atoms with Gasteiger partial charge in [-0.15, -0.1) is 0 Å². The van der Waals surface area contributed by atoms with E-state index in [2.05, 4.69) is 31.8 Å². The summed E-state index contributed by atoms with van der Waals surface area (Å²) in [5.74, 6) is -0.189. The first-order chi connectivity index (χ1) is 12.6. The second-order valence-electron chi connectivity index (χ2n) is 5.44. The first kappa shape index (κ1) is 19.7. The van der Waals surface area contributed by atoms with E-state index in [-0.39, 0.29) is 12.3 Å². The third-order valence-corrected chi connectivity index (χ3v) is 3.98. The fourth-order valence-corrected chi connectivity index (χ4v) is 2.60. The lowest BCUT2D eigenvalue weighted by atomic mass is 10.1. The molecule has 0 atom stereocenters. The fourth-order valence-electron chi connectivity index (χ4n) is 2.22. The summed E-state index contributed by atoms with van der Waals surface area (Å²) >= 11 is 3.36. The molecule has 2 amide bonds. The van der Waals surface area contributed by atoms with Crippen molar-refractivity contribution in [3.63, 3.8) is 0 Å². The van der Waals surface area contributed by atoms with Gasteiger partial charge < -0.3 is 10.1 Å². The number of benzene rings is 2. The first-order valence-electron chi connectivity index (χ1n) is 8.04. The first-order valence-corrected chi connectivity index (χ1v) is 8.84. The van der Waals surface area contributed by atoms with E-state index in [0.717, 1.165) is 16.5 Å². The van der Waals surface area contributed by atoms with Gasteiger partial charge in [0.2, 0.25) is 11.8 Å². The minimum atomic E-state index is -0.479. The Morgan fingerprint density at radius 1 is 1.15 bits per heavy atom. The predicted octanol–water partition coefficient (Wildman–Crippen LogP) is 2.66. The number of rotatable bonds is 8. The molecular formula is C19H20BrN3O3. The van der Waals surface area contributed by atoms with Crippen molar-refractivity contribution >= 4 is 34.0 Å². The number of hydrogen-bond donors (Lipinski definition) is 2. The highest BCUT2D eigenvalue weighted by molar-refractivity contribution is 9.10. The highest BCUT2D eigenvalue weighted by Crippen LogP contribution is 2.21. The van der Waals surface area contributed by atoms with Crippen molar-refractivity contribution < 1.29 is 14.3 Å². The van der Waals surface area contributed by atoms with Crippen molar-refractivity contribution in [2.45, 2.75) is 12.8 Å². The van der Waals surface area contributed by atoms with Gasteiger partial charge in [0.25, 0.3) is 0 Å². The molecule has 7 heteroatoms. The minimum Gasteiger partial charge on any atom is -0.496 e. The highest BCUT2D eigenvalue weighted by Gasteiger charge is 2.08. The van der Waals surface area contributed by atoms with Gasteiger partial charge >= 0.3 is 0 Å². The van der Waals surface area contributed by atoms with Gasteiger partial charge in [0, 0.05) is 16.6 Å². The molecule has 2 aromatic rings. The van der Waals surface area contributed by atoms with Gasteiger partial charge in [0.1, 0.15) is 12.2 Å². The number of nitrogens with zero attached hydrogens (tertiary/aromatic N) is 1. The monoisotopic (exact) mass is 417 g/mol. The van der Waals surface area contributed by atoms with Crippen LogP contribution in [0.2, 0.25) is 0 Å². The van der Waals surface area contributed by atoms with Gasteiger partial charge in [-0.05, 0) is 30.2 Å². The van der Waals surface area contributed by atoms with E-state index in [1.54, 1.807) is 13.2 Å². The molecule has 0 spiro atoms. The average Bonchev–Trinajstić information content (AvgIpc) is 2.63. The Bertz CT molecular complexity index is 779. The van der Waals surface area contributed by atoms with E-state index >= 15 is 0 Å². The lowest BCUT2D eigenvalue weighted by molar-refractivity contribution is -0.129. The molecule has 136 valence electrons. The molecule has 0 aliphatic heterocycles. The number of nitrogens with one attached hydrogen (secondary N) is 2. The SMILES string of the molecule is COc1ccc(Br)cc1/C=N/NC(=O)CC(=O)NCCc1ccccc1. The number of methoxy groups -OCH3 is 1. The van der Waals surface area contributed by atoms with Crippen LogP contribution in [0.5, 0.6) is 5.75 Å². The van der Waals surface area contributed by atoms with E-state index < -0.39 is 5.91 Å². The normalized spacial score (nSPS) is 10.5. The van der Waals surface area contributed by atoms with Crippen molar-refractivity contribution in [3.8, 4) is 5.75 Å². The molecule has 0 bridgehead atoms. The molecule has 6 nitrogen and oxygen atoms in total. The third kappa shape index (κ3) is 6.68. The van der Waals surface area contributed by atoms with Crippen LogP contribution in [-0.4, -0.2) is 31.7 Å². The maximum atomic E-state index is 11.8. The molecule has 0 saturated heterocycles. The maximum absolute atomic E-state index is 11.8. The summed E-state index contributed by atoms with van der Waals surface area (Å²) in [6, 6.07) is 15.3. The standard InChI is InChI=1S/C19H20BrN3O3/c1-26-17-8-7-16(20)11-15(17)13-22-23-19(25)12-18(24)21-10-9-14-5-3-2-4-6-14/h2-8,11,13H,9-10,12H2,1H3,(H,21,24)(H,23,25)/b22-13+. The van der Waals surface area contributed by atoms with Crippen LogP contribution < -0.4 is 15.5 Å². The molecule has 0 aliphatic carbocycles. The number of carbonyl (C=O) groups is 2. The minimum absolute atomic E-state index is 0.276. The van der Waals surface area contributed by atoms with Gasteiger partial charge in [-0.3, -0.25) is 9.59 Å². The van der Waals surface area contributed by atoms with E-state index in [1.165, 1.54) is 6.21 Å². The molecule has 0 aromatic heterocycles. The van der Waals surface area contributed by atoms with Crippen LogP contribution in [0, 0.1) is 0 Å². The lowest BCUT2D eigenvalue weighted by Gasteiger charge is -2.05. The zero-order chi connectivity index (χ0) is 18.8. The predicted molar refractivity (Wildman–Crippen MR) is 104 cm³/mol. The summed E-state index contributed by atoms with van der Waals surface area (Å²) in [6.07, 6.45) is 1.91. The van der Waals surface area contributed by atoms with E-state index in [0.29, 0.717) is 17.9 Å². The number of hydrogen-bond acceptors (Lipinski definition) is 4. The van der Waals surface area contributed by atoms with Crippen LogP contribution in [0.25, 0.3) is 0 Å². The topological polar surface area (TPSA) is 79.8 Å². The van der Waals surface area contributed by atoms with Gasteiger partial charge in [-0.2, -0.15) is 5.10 Å². The third-order valence-electron chi connectivity index (χ3n) is 3.48. The summed E-state index contributed by atoms with van der Waals surface area (Å²) in [7, 11) is 1.55. The Morgan fingerprint density at radius 3 is 2.65 bits per heavy atom. The van der Waals surface area contributed by atoms with Gasteiger partial charge in [0.05, 0.1) is 13.3 Å². The van der Waals surface area contributed by atoms with Crippen molar-refractivity contribution in [1.29, 1.82) is 0 Å². The maximum Gasteiger partial charge on any atom is 0.249 e. The van der Waals surface area contributed by atoms with Crippen molar-refractivity contribution in [3.05, 3.63) is 64.1 Å². The fraction of sp³-hybridized carbons (Fsp3) is 0.211. The molecule has 0 fully saturated rings. The molecule has 2 aromatic carbocycles. The molecule has 0 radical (unpaired) electrons. The van der Waals surface area contributed by atoms with Crippen molar-refractivity contribution in [2.24, 2.45) is 5.10 Å². The highest BCUT2D eigenvalue weighted by atomic mass is 79.9. The molecular weight excluding hydrogens is 398 g/mol. The van der Waals surface area contributed by atoms with Crippen LogP contribution in [0.4, 0.5) is 0 Å². The van der Waals surface area contributed by atoms with Gasteiger partial charge in [0.15, 0.2) is 0 Å². The van der Waals surface area contributed by atoms with Gasteiger partial charge in [-0.25, -0.2) is 5.43 Å². The molecule has 26 heavy (non-hydrogen) atoms. The number of hydrazone groups is 1. The molecule has 2 N–H and O–H groups in total. The largest absolute Gasteiger partial charge is 0.496 e. The molecule has 2 rings (SSSR count). The zero-order valence-corrected chi connectivity index (χ0v) is 16.0. The Balaban J connectivity index is 1.74. The van der Waals surface area contributed by atoms with Crippen LogP contribution in [-0.2, 0) is 16.0 Å². The second kappa shape index (κ2) is 10.4. The summed E-state index contributed by atoms with van der Waals surface area (Å²) in [5, 5.41) is 6.58. The Labute approximate surface area is 160 Å². The smallest absolute Gasteiger partial charge is 0.249 e. The number of halogens is 1. The summed E-state index contributed by atoms with van der Waals surface area (Å²) in [6.45, 7) is 0.481. The number of amides is 2. The molecule has 0 aliphatic rings. The lowest BCUT2D eigenvalue weighted by Crippen LogP contribution is -2.31. The van der Waals surface area contributed by atoms with Crippen LogP contribution in [0.3, 0.4) is 0 Å². The van der Waals surface area contributed by atoms with Crippen LogP contribution in [0.1, 0.15) is 17.5 Å². The van der Waals surface area contributed by atoms with Crippen molar-refractivity contribution in [1.82, 2.24) is 10.7 Å². The van der Waals surface area contributed by atoms with Crippen molar-refractivity contribution in [2.75, 3.05) is 13.7 Å². The summed E-state index contributed by atoms with van der Waals surface area (Å²) in [5.41, 5.74) is 4.17. The zero-order valence-electron chi connectivity index (χ0n) is 14.4. The Kier molecular flexibility index (Phi) is 7.82.